The minimum Gasteiger partial charge on any atom is -0.323 e. The quantitative estimate of drug-likeness (QED) is 0.436. The van der Waals surface area contributed by atoms with Crippen molar-refractivity contribution in [1.29, 1.82) is 0 Å². The molecule has 0 aromatic heterocycles. The fraction of sp³-hybridized carbons (Fsp3) is 0.462. The molecule has 0 unspecified atom stereocenters. The van der Waals surface area contributed by atoms with Gasteiger partial charge in [0.05, 0.1) is 26.9 Å². The molecule has 0 aliphatic heterocycles. The molecular weight excluding hydrogens is 198 g/mol. The first kappa shape index (κ1) is 11.1. The van der Waals surface area contributed by atoms with Crippen LogP contribution in [0.5, 0.6) is 0 Å². The van der Waals surface area contributed by atoms with E-state index in [1.807, 2.05) is 0 Å². The van der Waals surface area contributed by atoms with Crippen molar-refractivity contribution in [2.45, 2.75) is 19.3 Å². The van der Waals surface area contributed by atoms with E-state index in [-0.39, 0.29) is 0 Å². The monoisotopic (exact) mass is 218 g/mol. The summed E-state index contributed by atoms with van der Waals surface area (Å²) in [6, 6.07) is 6.45. The molecule has 0 saturated heterocycles. The van der Waals surface area contributed by atoms with Gasteiger partial charge in [-0.05, 0) is 25.3 Å². The van der Waals surface area contributed by atoms with Crippen LogP contribution >= 0.6 is 0 Å². The van der Waals surface area contributed by atoms with E-state index in [0.717, 1.165) is 29.5 Å². The van der Waals surface area contributed by atoms with E-state index in [9.17, 15) is 0 Å². The summed E-state index contributed by atoms with van der Waals surface area (Å²) in [6.45, 7) is 0. The standard InChI is InChI=1S/C13H20N3/c1-16(2,3)13-9-5-6-10-11(13)7-4-8-12(10)15-14/h5-6,9H,4,7-8,14H2,1-3H3/q+1/b15-12-. The van der Waals surface area contributed by atoms with Crippen molar-refractivity contribution < 1.29 is 0 Å². The SMILES string of the molecule is C[N+](C)(C)c1cccc2c1CCC/C2=N/N. The highest BCUT2D eigenvalue weighted by molar-refractivity contribution is 6.03. The summed E-state index contributed by atoms with van der Waals surface area (Å²) in [5.74, 6) is 5.46. The Morgan fingerprint density at radius 3 is 2.56 bits per heavy atom. The Morgan fingerprint density at radius 2 is 1.94 bits per heavy atom. The van der Waals surface area contributed by atoms with Gasteiger partial charge in [-0.25, -0.2) is 0 Å². The molecule has 0 spiro atoms. The van der Waals surface area contributed by atoms with Gasteiger partial charge in [0.25, 0.3) is 0 Å². The summed E-state index contributed by atoms with van der Waals surface area (Å²) in [5, 5.41) is 3.92. The Bertz CT molecular complexity index is 427. The number of benzene rings is 1. The van der Waals surface area contributed by atoms with E-state index in [4.69, 9.17) is 5.84 Å². The molecule has 0 radical (unpaired) electrons. The third-order valence-electron chi connectivity index (χ3n) is 3.18. The molecule has 0 heterocycles. The largest absolute Gasteiger partial charge is 0.323 e. The number of rotatable bonds is 1. The van der Waals surface area contributed by atoms with Crippen molar-refractivity contribution in [3.05, 3.63) is 29.3 Å². The second-order valence-corrected chi connectivity index (χ2v) is 5.25. The van der Waals surface area contributed by atoms with Crippen molar-refractivity contribution in [2.24, 2.45) is 10.9 Å². The van der Waals surface area contributed by atoms with Gasteiger partial charge >= 0.3 is 0 Å². The summed E-state index contributed by atoms with van der Waals surface area (Å²) in [7, 11) is 6.59. The average Bonchev–Trinajstić information content (AvgIpc) is 2.26. The summed E-state index contributed by atoms with van der Waals surface area (Å²) in [6.07, 6.45) is 3.30. The highest BCUT2D eigenvalue weighted by Crippen LogP contribution is 2.31. The fourth-order valence-corrected chi connectivity index (χ4v) is 2.44. The third-order valence-corrected chi connectivity index (χ3v) is 3.18. The van der Waals surface area contributed by atoms with Crippen molar-refractivity contribution in [3.8, 4) is 0 Å². The molecule has 86 valence electrons. The van der Waals surface area contributed by atoms with Crippen molar-refractivity contribution in [1.82, 2.24) is 4.48 Å². The van der Waals surface area contributed by atoms with Crippen LogP contribution in [0.3, 0.4) is 0 Å². The molecule has 2 rings (SSSR count). The second kappa shape index (κ2) is 3.91. The van der Waals surface area contributed by atoms with Gasteiger partial charge in [0.1, 0.15) is 5.69 Å². The lowest BCUT2D eigenvalue weighted by Crippen LogP contribution is -2.36. The molecule has 0 saturated carbocycles. The maximum Gasteiger partial charge on any atom is 0.136 e. The zero-order valence-corrected chi connectivity index (χ0v) is 10.3. The van der Waals surface area contributed by atoms with Crippen molar-refractivity contribution in [3.63, 3.8) is 0 Å². The molecule has 1 aromatic rings. The van der Waals surface area contributed by atoms with Crippen LogP contribution in [0, 0.1) is 0 Å². The normalized spacial score (nSPS) is 18.6. The van der Waals surface area contributed by atoms with E-state index in [2.05, 4.69) is 44.4 Å². The van der Waals surface area contributed by atoms with E-state index < -0.39 is 0 Å². The Hall–Kier alpha value is -1.35. The number of hydrogen-bond acceptors (Lipinski definition) is 2. The first-order chi connectivity index (χ1) is 7.54. The highest BCUT2D eigenvalue weighted by atomic mass is 15.3. The molecule has 3 heteroatoms. The first-order valence-electron chi connectivity index (χ1n) is 5.75. The molecule has 0 atom stereocenters. The number of hydrogen-bond donors (Lipinski definition) is 1. The van der Waals surface area contributed by atoms with Gasteiger partial charge in [-0.3, -0.25) is 4.48 Å². The van der Waals surface area contributed by atoms with E-state index >= 15 is 0 Å². The van der Waals surface area contributed by atoms with E-state index in [1.54, 1.807) is 0 Å². The lowest BCUT2D eigenvalue weighted by molar-refractivity contribution is 0.481. The number of quaternary nitrogens is 1. The molecule has 0 bridgehead atoms. The van der Waals surface area contributed by atoms with Crippen LogP contribution in [0.15, 0.2) is 23.3 Å². The Kier molecular flexibility index (Phi) is 2.72. The van der Waals surface area contributed by atoms with Crippen molar-refractivity contribution in [2.75, 3.05) is 21.1 Å². The van der Waals surface area contributed by atoms with Crippen LogP contribution in [0.4, 0.5) is 5.69 Å². The second-order valence-electron chi connectivity index (χ2n) is 5.25. The Balaban J connectivity index is 2.60. The maximum absolute atomic E-state index is 5.46. The van der Waals surface area contributed by atoms with Crippen LogP contribution < -0.4 is 10.3 Å². The summed E-state index contributed by atoms with van der Waals surface area (Å²) < 4.78 is 0.848. The average molecular weight is 218 g/mol. The molecular formula is C13H20N3+. The van der Waals surface area contributed by atoms with Crippen LogP contribution in [-0.2, 0) is 6.42 Å². The summed E-state index contributed by atoms with van der Waals surface area (Å²) >= 11 is 0. The maximum atomic E-state index is 5.46. The van der Waals surface area contributed by atoms with E-state index in [0.29, 0.717) is 0 Å². The number of nitrogens with two attached hydrogens (primary N) is 1. The molecule has 0 amide bonds. The summed E-state index contributed by atoms with van der Waals surface area (Å²) in [5.41, 5.74) is 5.10. The Labute approximate surface area is 97.2 Å². The molecule has 0 fully saturated rings. The number of hydrazone groups is 1. The minimum atomic E-state index is 0.848. The zero-order valence-electron chi connectivity index (χ0n) is 10.3. The van der Waals surface area contributed by atoms with Gasteiger partial charge in [-0.2, -0.15) is 5.10 Å². The highest BCUT2D eigenvalue weighted by Gasteiger charge is 2.24. The van der Waals surface area contributed by atoms with Crippen molar-refractivity contribution >= 4 is 11.4 Å². The number of fused-ring (bicyclic) bond motifs is 1. The molecule has 3 nitrogen and oxygen atoms in total. The number of nitrogens with zero attached hydrogens (tertiary/aromatic N) is 2. The molecule has 1 aliphatic carbocycles. The minimum absolute atomic E-state index is 0.848. The predicted molar refractivity (Wildman–Crippen MR) is 69.7 cm³/mol. The summed E-state index contributed by atoms with van der Waals surface area (Å²) in [4.78, 5) is 0. The van der Waals surface area contributed by atoms with Crippen LogP contribution in [0.25, 0.3) is 0 Å². The molecule has 16 heavy (non-hydrogen) atoms. The van der Waals surface area contributed by atoms with Crippen LogP contribution in [0.1, 0.15) is 24.0 Å². The smallest absolute Gasteiger partial charge is 0.136 e. The van der Waals surface area contributed by atoms with E-state index in [1.165, 1.54) is 16.8 Å². The van der Waals surface area contributed by atoms with Gasteiger partial charge in [-0.15, -0.1) is 0 Å². The molecule has 1 aliphatic rings. The third kappa shape index (κ3) is 1.83. The van der Waals surface area contributed by atoms with Gasteiger partial charge in [0, 0.05) is 11.1 Å². The van der Waals surface area contributed by atoms with Gasteiger partial charge in [-0.1, -0.05) is 12.1 Å². The predicted octanol–water partition coefficient (Wildman–Crippen LogP) is 1.88. The van der Waals surface area contributed by atoms with Gasteiger partial charge in [0.15, 0.2) is 0 Å². The molecule has 2 N–H and O–H groups in total. The Morgan fingerprint density at radius 1 is 1.19 bits per heavy atom. The lowest BCUT2D eigenvalue weighted by Gasteiger charge is -2.29. The first-order valence-corrected chi connectivity index (χ1v) is 5.75. The fourth-order valence-electron chi connectivity index (χ4n) is 2.44. The van der Waals surface area contributed by atoms with Crippen LogP contribution in [-0.4, -0.2) is 26.9 Å². The van der Waals surface area contributed by atoms with Crippen LogP contribution in [0.2, 0.25) is 0 Å². The van der Waals surface area contributed by atoms with Gasteiger partial charge in [0.2, 0.25) is 0 Å². The topological polar surface area (TPSA) is 38.4 Å². The molecule has 1 aromatic carbocycles. The van der Waals surface area contributed by atoms with Gasteiger partial charge < -0.3 is 5.84 Å². The zero-order chi connectivity index (χ0) is 11.8. The lowest BCUT2D eigenvalue weighted by atomic mass is 9.88.